The summed E-state index contributed by atoms with van der Waals surface area (Å²) >= 11 is 12.2. The Bertz CT molecular complexity index is 576. The molecule has 6 heteroatoms. The summed E-state index contributed by atoms with van der Waals surface area (Å²) in [5, 5.41) is 3.93. The van der Waals surface area contributed by atoms with Crippen LogP contribution in [0.3, 0.4) is 0 Å². The Kier molecular flexibility index (Phi) is 8.57. The lowest BCUT2D eigenvalue weighted by molar-refractivity contribution is -0.141. The van der Waals surface area contributed by atoms with Gasteiger partial charge in [-0.1, -0.05) is 43.1 Å². The smallest absolute Gasteiger partial charge is 0.243 e. The van der Waals surface area contributed by atoms with Gasteiger partial charge in [-0.25, -0.2) is 0 Å². The molecule has 0 saturated heterocycles. The van der Waals surface area contributed by atoms with Crippen molar-refractivity contribution in [3.05, 3.63) is 33.8 Å². The largest absolute Gasteiger partial charge is 0.352 e. The summed E-state index contributed by atoms with van der Waals surface area (Å²) in [7, 11) is 0. The van der Waals surface area contributed by atoms with E-state index in [-0.39, 0.29) is 17.9 Å². The maximum atomic E-state index is 12.6. The predicted molar refractivity (Wildman–Crippen MR) is 99.3 cm³/mol. The van der Waals surface area contributed by atoms with Crippen molar-refractivity contribution in [2.45, 2.75) is 65.6 Å². The zero-order valence-corrected chi connectivity index (χ0v) is 16.2. The Balaban J connectivity index is 3.09. The van der Waals surface area contributed by atoms with E-state index in [1.807, 2.05) is 27.7 Å². The minimum atomic E-state index is -0.516. The highest BCUT2D eigenvalue weighted by molar-refractivity contribution is 6.35. The van der Waals surface area contributed by atoms with Crippen LogP contribution in [-0.2, 0) is 16.1 Å². The number of nitrogens with one attached hydrogen (secondary N) is 1. The quantitative estimate of drug-likeness (QED) is 0.733. The summed E-state index contributed by atoms with van der Waals surface area (Å²) in [6.07, 6.45) is 1.67. The Morgan fingerprint density at radius 3 is 2.38 bits per heavy atom. The number of nitrogens with zero attached hydrogens (tertiary/aromatic N) is 1. The number of hydrogen-bond acceptors (Lipinski definition) is 2. The highest BCUT2D eigenvalue weighted by Gasteiger charge is 2.28. The molecule has 1 aromatic carbocycles. The summed E-state index contributed by atoms with van der Waals surface area (Å²) in [5.74, 6) is -0.184. The van der Waals surface area contributed by atoms with Crippen molar-refractivity contribution in [1.82, 2.24) is 10.2 Å². The summed E-state index contributed by atoms with van der Waals surface area (Å²) in [6, 6.07) is 4.69. The van der Waals surface area contributed by atoms with E-state index in [1.54, 1.807) is 23.1 Å². The summed E-state index contributed by atoms with van der Waals surface area (Å²) < 4.78 is 0. The molecule has 1 rings (SSSR count). The van der Waals surface area contributed by atoms with Gasteiger partial charge < -0.3 is 10.2 Å². The number of rotatable bonds is 8. The van der Waals surface area contributed by atoms with Crippen molar-refractivity contribution in [3.63, 3.8) is 0 Å². The fraction of sp³-hybridized carbons (Fsp3) is 0.556. The molecule has 134 valence electrons. The Morgan fingerprint density at radius 2 is 1.88 bits per heavy atom. The van der Waals surface area contributed by atoms with Gasteiger partial charge in [0.05, 0.1) is 0 Å². The molecule has 24 heavy (non-hydrogen) atoms. The van der Waals surface area contributed by atoms with E-state index in [1.165, 1.54) is 0 Å². The molecule has 0 saturated carbocycles. The first-order valence-electron chi connectivity index (χ1n) is 8.33. The minimum absolute atomic E-state index is 0.0220. The maximum absolute atomic E-state index is 12.6. The number of carbonyl (C=O) groups is 2. The predicted octanol–water partition coefficient (Wildman–Crippen LogP) is 4.43. The van der Waals surface area contributed by atoms with Crippen molar-refractivity contribution >= 4 is 35.0 Å². The van der Waals surface area contributed by atoms with Gasteiger partial charge in [0.1, 0.15) is 6.04 Å². The highest BCUT2D eigenvalue weighted by Crippen LogP contribution is 2.24. The van der Waals surface area contributed by atoms with E-state index in [2.05, 4.69) is 5.32 Å². The molecule has 0 fully saturated rings. The van der Waals surface area contributed by atoms with Crippen LogP contribution in [0.1, 0.15) is 52.5 Å². The molecule has 0 bridgehead atoms. The van der Waals surface area contributed by atoms with Gasteiger partial charge in [0.15, 0.2) is 0 Å². The highest BCUT2D eigenvalue weighted by atomic mass is 35.5. The minimum Gasteiger partial charge on any atom is -0.352 e. The molecule has 0 spiro atoms. The molecule has 0 radical (unpaired) electrons. The van der Waals surface area contributed by atoms with Gasteiger partial charge in [-0.15, -0.1) is 0 Å². The van der Waals surface area contributed by atoms with Gasteiger partial charge in [0.25, 0.3) is 0 Å². The fourth-order valence-electron chi connectivity index (χ4n) is 2.49. The molecule has 0 heterocycles. The Labute approximate surface area is 154 Å². The number of halogens is 2. The summed E-state index contributed by atoms with van der Waals surface area (Å²) in [5.41, 5.74) is 0.779. The average molecular weight is 373 g/mol. The van der Waals surface area contributed by atoms with Crippen LogP contribution in [0.15, 0.2) is 18.2 Å². The molecule has 0 aliphatic carbocycles. The first kappa shape index (κ1) is 20.8. The van der Waals surface area contributed by atoms with E-state index in [0.717, 1.165) is 12.0 Å². The number of benzene rings is 1. The first-order chi connectivity index (χ1) is 11.3. The molecule has 2 amide bonds. The SMILES string of the molecule is CCCC(=O)N(Cc1ccc(Cl)cc1Cl)[C@@H](CC)C(=O)NC(C)C. The van der Waals surface area contributed by atoms with Crippen molar-refractivity contribution in [2.24, 2.45) is 0 Å². The van der Waals surface area contributed by atoms with Gasteiger partial charge in [0.2, 0.25) is 11.8 Å². The van der Waals surface area contributed by atoms with Gasteiger partial charge in [-0.3, -0.25) is 9.59 Å². The zero-order chi connectivity index (χ0) is 18.3. The van der Waals surface area contributed by atoms with Gasteiger partial charge in [0, 0.05) is 29.1 Å². The van der Waals surface area contributed by atoms with E-state index < -0.39 is 6.04 Å². The van der Waals surface area contributed by atoms with E-state index in [4.69, 9.17) is 23.2 Å². The molecule has 1 N–H and O–H groups in total. The van der Waals surface area contributed by atoms with Crippen molar-refractivity contribution in [3.8, 4) is 0 Å². The Morgan fingerprint density at radius 1 is 1.21 bits per heavy atom. The maximum Gasteiger partial charge on any atom is 0.243 e. The molecular weight excluding hydrogens is 347 g/mol. The third kappa shape index (κ3) is 5.99. The second-order valence-corrected chi connectivity index (χ2v) is 6.94. The molecule has 0 aliphatic heterocycles. The zero-order valence-electron chi connectivity index (χ0n) is 14.7. The topological polar surface area (TPSA) is 49.4 Å². The van der Waals surface area contributed by atoms with E-state index >= 15 is 0 Å². The Hall–Kier alpha value is -1.26. The summed E-state index contributed by atoms with van der Waals surface area (Å²) in [6.45, 7) is 7.94. The molecule has 1 aromatic rings. The van der Waals surface area contributed by atoms with Gasteiger partial charge >= 0.3 is 0 Å². The fourth-order valence-corrected chi connectivity index (χ4v) is 2.96. The second kappa shape index (κ2) is 9.90. The van der Waals surface area contributed by atoms with Crippen LogP contribution in [0.25, 0.3) is 0 Å². The van der Waals surface area contributed by atoms with Crippen LogP contribution in [0.5, 0.6) is 0 Å². The van der Waals surface area contributed by atoms with E-state index in [0.29, 0.717) is 29.4 Å². The van der Waals surface area contributed by atoms with E-state index in [9.17, 15) is 9.59 Å². The van der Waals surface area contributed by atoms with Crippen LogP contribution in [-0.4, -0.2) is 28.8 Å². The third-order valence-corrected chi connectivity index (χ3v) is 4.22. The van der Waals surface area contributed by atoms with Crippen molar-refractivity contribution in [1.29, 1.82) is 0 Å². The number of amides is 2. The van der Waals surface area contributed by atoms with Crippen LogP contribution in [0, 0.1) is 0 Å². The third-order valence-electron chi connectivity index (χ3n) is 3.64. The van der Waals surface area contributed by atoms with Gasteiger partial charge in [-0.2, -0.15) is 0 Å². The number of hydrogen-bond donors (Lipinski definition) is 1. The van der Waals surface area contributed by atoms with Crippen LogP contribution < -0.4 is 5.32 Å². The van der Waals surface area contributed by atoms with Crippen LogP contribution in [0.2, 0.25) is 10.0 Å². The lowest BCUT2D eigenvalue weighted by Crippen LogP contribution is -2.50. The van der Waals surface area contributed by atoms with Gasteiger partial charge in [-0.05, 0) is 44.4 Å². The molecule has 0 aromatic heterocycles. The molecular formula is C18H26Cl2N2O2. The second-order valence-electron chi connectivity index (χ2n) is 6.09. The molecule has 0 unspecified atom stereocenters. The van der Waals surface area contributed by atoms with Crippen LogP contribution in [0.4, 0.5) is 0 Å². The monoisotopic (exact) mass is 372 g/mol. The number of carbonyl (C=O) groups excluding carboxylic acids is 2. The van der Waals surface area contributed by atoms with Crippen molar-refractivity contribution < 1.29 is 9.59 Å². The normalized spacial score (nSPS) is 12.1. The summed E-state index contributed by atoms with van der Waals surface area (Å²) in [4.78, 5) is 26.7. The molecule has 1 atom stereocenters. The molecule has 4 nitrogen and oxygen atoms in total. The van der Waals surface area contributed by atoms with Crippen LogP contribution >= 0.6 is 23.2 Å². The lowest BCUT2D eigenvalue weighted by Gasteiger charge is -2.31. The lowest BCUT2D eigenvalue weighted by atomic mass is 10.1. The molecule has 0 aliphatic rings. The standard InChI is InChI=1S/C18H26Cl2N2O2/c1-5-7-17(23)22(16(6-2)18(24)21-12(3)4)11-13-8-9-14(19)10-15(13)20/h8-10,12,16H,5-7,11H2,1-4H3,(H,21,24)/t16-/m0/s1. The average Bonchev–Trinajstić information content (AvgIpc) is 2.48. The van der Waals surface area contributed by atoms with Crippen molar-refractivity contribution in [2.75, 3.05) is 0 Å². The first-order valence-corrected chi connectivity index (χ1v) is 9.09.